The van der Waals surface area contributed by atoms with Crippen LogP contribution in [0.2, 0.25) is 5.02 Å². The van der Waals surface area contributed by atoms with Crippen molar-refractivity contribution in [2.24, 2.45) is 11.8 Å². The molecule has 1 saturated carbocycles. The molecule has 22 heavy (non-hydrogen) atoms. The molecule has 2 aliphatic rings. The van der Waals surface area contributed by atoms with Crippen LogP contribution in [0.1, 0.15) is 12.8 Å². The smallest absolute Gasteiger partial charge is 0.258 e. The number of carbonyl (C=O) groups is 1. The molecule has 0 spiro atoms. The van der Waals surface area contributed by atoms with E-state index in [9.17, 15) is 9.90 Å². The third-order valence-corrected chi connectivity index (χ3v) is 4.83. The Morgan fingerprint density at radius 1 is 1.27 bits per heavy atom. The molecule has 1 amide bonds. The largest absolute Gasteiger partial charge is 0.484 e. The molecule has 120 valence electrons. The van der Waals surface area contributed by atoms with Crippen LogP contribution in [0.3, 0.4) is 0 Å². The lowest BCUT2D eigenvalue weighted by atomic mass is 9.77. The molecule has 1 saturated heterocycles. The van der Waals surface area contributed by atoms with Gasteiger partial charge in [-0.25, -0.2) is 0 Å². The zero-order valence-electron chi connectivity index (χ0n) is 12.3. The predicted molar refractivity (Wildman–Crippen MR) is 84.0 cm³/mol. The van der Waals surface area contributed by atoms with Gasteiger partial charge in [0.05, 0.1) is 12.1 Å². The second-order valence-corrected chi connectivity index (χ2v) is 6.57. The van der Waals surface area contributed by atoms with Crippen molar-refractivity contribution in [3.63, 3.8) is 0 Å². The SMILES string of the molecule is O=C(COc1ccc(Cl)cc1)N[C@H]1C[C@H]2CNC[C@H]2C[C@@H]1O. The summed E-state index contributed by atoms with van der Waals surface area (Å²) < 4.78 is 5.42. The first kappa shape index (κ1) is 15.6. The van der Waals surface area contributed by atoms with Crippen LogP contribution in [0, 0.1) is 11.8 Å². The van der Waals surface area contributed by atoms with Crippen LogP contribution in [-0.2, 0) is 4.79 Å². The lowest BCUT2D eigenvalue weighted by Crippen LogP contribution is -2.50. The number of halogens is 1. The van der Waals surface area contributed by atoms with Crippen LogP contribution in [0.15, 0.2) is 24.3 Å². The van der Waals surface area contributed by atoms with Gasteiger partial charge in [0.15, 0.2) is 6.61 Å². The Morgan fingerprint density at radius 2 is 1.95 bits per heavy atom. The molecule has 3 rings (SSSR count). The topological polar surface area (TPSA) is 70.6 Å². The van der Waals surface area contributed by atoms with Crippen molar-refractivity contribution in [1.29, 1.82) is 0 Å². The van der Waals surface area contributed by atoms with Gasteiger partial charge in [0, 0.05) is 5.02 Å². The van der Waals surface area contributed by atoms with Crippen molar-refractivity contribution in [1.82, 2.24) is 10.6 Å². The Balaban J connectivity index is 1.47. The quantitative estimate of drug-likeness (QED) is 0.778. The number of aliphatic hydroxyl groups is 1. The fraction of sp³-hybridized carbons (Fsp3) is 0.562. The van der Waals surface area contributed by atoms with Gasteiger partial charge in [0.1, 0.15) is 5.75 Å². The minimum atomic E-state index is -0.472. The minimum Gasteiger partial charge on any atom is -0.484 e. The van der Waals surface area contributed by atoms with Crippen LogP contribution in [0.5, 0.6) is 5.75 Å². The molecule has 0 bridgehead atoms. The number of rotatable bonds is 4. The van der Waals surface area contributed by atoms with Gasteiger partial charge in [-0.1, -0.05) is 11.6 Å². The average molecular weight is 325 g/mol. The molecular weight excluding hydrogens is 304 g/mol. The summed E-state index contributed by atoms with van der Waals surface area (Å²) >= 11 is 5.80. The fourth-order valence-electron chi connectivity index (χ4n) is 3.38. The van der Waals surface area contributed by atoms with Crippen LogP contribution in [-0.4, -0.2) is 42.9 Å². The Labute approximate surface area is 135 Å². The lowest BCUT2D eigenvalue weighted by molar-refractivity contribution is -0.125. The Bertz CT molecular complexity index is 523. The Morgan fingerprint density at radius 3 is 2.68 bits per heavy atom. The molecule has 1 aromatic carbocycles. The van der Waals surface area contributed by atoms with E-state index in [-0.39, 0.29) is 18.6 Å². The molecule has 0 radical (unpaired) electrons. The maximum atomic E-state index is 12.0. The highest BCUT2D eigenvalue weighted by Crippen LogP contribution is 2.32. The maximum absolute atomic E-state index is 12.0. The van der Waals surface area contributed by atoms with E-state index in [2.05, 4.69) is 10.6 Å². The van der Waals surface area contributed by atoms with E-state index in [1.807, 2.05) is 0 Å². The number of nitrogens with one attached hydrogen (secondary N) is 2. The van der Waals surface area contributed by atoms with E-state index in [1.54, 1.807) is 24.3 Å². The molecule has 0 unspecified atom stereocenters. The van der Waals surface area contributed by atoms with E-state index < -0.39 is 6.10 Å². The van der Waals surface area contributed by atoms with E-state index in [0.29, 0.717) is 22.6 Å². The molecule has 5 nitrogen and oxygen atoms in total. The third-order valence-electron chi connectivity index (χ3n) is 4.58. The van der Waals surface area contributed by atoms with Gasteiger partial charge in [-0.15, -0.1) is 0 Å². The van der Waals surface area contributed by atoms with Crippen molar-refractivity contribution in [3.8, 4) is 5.75 Å². The number of hydrogen-bond donors (Lipinski definition) is 3. The molecule has 3 N–H and O–H groups in total. The maximum Gasteiger partial charge on any atom is 0.258 e. The number of benzene rings is 1. The molecule has 0 aromatic heterocycles. The second kappa shape index (κ2) is 6.86. The summed E-state index contributed by atoms with van der Waals surface area (Å²) in [6, 6.07) is 6.70. The van der Waals surface area contributed by atoms with Crippen LogP contribution in [0.4, 0.5) is 0 Å². The molecule has 2 fully saturated rings. The summed E-state index contributed by atoms with van der Waals surface area (Å²) in [6.07, 6.45) is 1.10. The number of aliphatic hydroxyl groups excluding tert-OH is 1. The molecule has 1 aromatic rings. The van der Waals surface area contributed by atoms with Crippen LogP contribution in [0.25, 0.3) is 0 Å². The summed E-state index contributed by atoms with van der Waals surface area (Å²) in [4.78, 5) is 12.0. The Hall–Kier alpha value is -1.30. The van der Waals surface area contributed by atoms with Gasteiger partial charge in [0.25, 0.3) is 5.91 Å². The first-order valence-corrected chi connectivity index (χ1v) is 8.06. The number of amides is 1. The number of fused-ring (bicyclic) bond motifs is 1. The molecule has 1 heterocycles. The third kappa shape index (κ3) is 3.72. The predicted octanol–water partition coefficient (Wildman–Crippen LogP) is 1.19. The van der Waals surface area contributed by atoms with Crippen molar-refractivity contribution in [3.05, 3.63) is 29.3 Å². The van der Waals surface area contributed by atoms with Crippen molar-refractivity contribution < 1.29 is 14.6 Å². The summed E-state index contributed by atoms with van der Waals surface area (Å²) in [5, 5.41) is 17.1. The van der Waals surface area contributed by atoms with E-state index in [0.717, 1.165) is 25.9 Å². The van der Waals surface area contributed by atoms with Gasteiger partial charge in [-0.3, -0.25) is 4.79 Å². The first-order valence-electron chi connectivity index (χ1n) is 7.68. The van der Waals surface area contributed by atoms with Gasteiger partial charge < -0.3 is 20.5 Å². The van der Waals surface area contributed by atoms with Crippen LogP contribution >= 0.6 is 11.6 Å². The number of ether oxygens (including phenoxy) is 1. The normalized spacial score (nSPS) is 30.6. The first-order chi connectivity index (χ1) is 10.6. The van der Waals surface area contributed by atoms with E-state index in [4.69, 9.17) is 16.3 Å². The van der Waals surface area contributed by atoms with E-state index >= 15 is 0 Å². The summed E-state index contributed by atoms with van der Waals surface area (Å²) in [7, 11) is 0. The standard InChI is InChI=1S/C16H21ClN2O3/c17-12-1-3-13(4-2-12)22-9-16(21)19-14-5-10-7-18-8-11(10)6-15(14)20/h1-4,10-11,14-15,18,20H,5-9H2,(H,19,21)/t10-,11+,14-,15-/m0/s1. The minimum absolute atomic E-state index is 0.0583. The fourth-order valence-corrected chi connectivity index (χ4v) is 3.51. The monoisotopic (exact) mass is 324 g/mol. The van der Waals surface area contributed by atoms with Gasteiger partial charge in [-0.05, 0) is 62.0 Å². The molecular formula is C16H21ClN2O3. The molecule has 4 atom stereocenters. The van der Waals surface area contributed by atoms with Gasteiger partial charge in [0.2, 0.25) is 0 Å². The zero-order chi connectivity index (χ0) is 15.5. The summed E-state index contributed by atoms with van der Waals surface area (Å²) in [6.45, 7) is 1.89. The number of carbonyl (C=O) groups excluding carboxylic acids is 1. The molecule has 1 aliphatic heterocycles. The molecule has 1 aliphatic carbocycles. The summed E-state index contributed by atoms with van der Waals surface area (Å²) in [5.74, 6) is 1.48. The zero-order valence-corrected chi connectivity index (χ0v) is 13.1. The van der Waals surface area contributed by atoms with Gasteiger partial charge in [-0.2, -0.15) is 0 Å². The average Bonchev–Trinajstić information content (AvgIpc) is 2.94. The highest BCUT2D eigenvalue weighted by molar-refractivity contribution is 6.30. The summed E-state index contributed by atoms with van der Waals surface area (Å²) in [5.41, 5.74) is 0. The molecule has 6 heteroatoms. The van der Waals surface area contributed by atoms with Crippen molar-refractivity contribution >= 4 is 17.5 Å². The highest BCUT2D eigenvalue weighted by atomic mass is 35.5. The lowest BCUT2D eigenvalue weighted by Gasteiger charge is -2.35. The van der Waals surface area contributed by atoms with Gasteiger partial charge >= 0.3 is 0 Å². The second-order valence-electron chi connectivity index (χ2n) is 6.13. The van der Waals surface area contributed by atoms with Crippen molar-refractivity contribution in [2.45, 2.75) is 25.0 Å². The van der Waals surface area contributed by atoms with Crippen molar-refractivity contribution in [2.75, 3.05) is 19.7 Å². The van der Waals surface area contributed by atoms with Crippen LogP contribution < -0.4 is 15.4 Å². The highest BCUT2D eigenvalue weighted by Gasteiger charge is 2.39. The Kier molecular flexibility index (Phi) is 4.86. The number of hydrogen-bond acceptors (Lipinski definition) is 4. The van der Waals surface area contributed by atoms with E-state index in [1.165, 1.54) is 0 Å².